The number of ether oxygens (including phenoxy) is 1. The highest BCUT2D eigenvalue weighted by Gasteiger charge is 2.49. The van der Waals surface area contributed by atoms with E-state index in [1.807, 2.05) is 25.1 Å². The zero-order valence-electron chi connectivity index (χ0n) is 16.0. The van der Waals surface area contributed by atoms with Gasteiger partial charge in [0.2, 0.25) is 0 Å². The van der Waals surface area contributed by atoms with Crippen molar-refractivity contribution in [1.29, 1.82) is 0 Å². The molecular weight excluding hydrogens is 413 g/mol. The van der Waals surface area contributed by atoms with E-state index < -0.39 is 23.6 Å². The second kappa shape index (κ2) is 7.62. The van der Waals surface area contributed by atoms with Crippen molar-refractivity contribution in [3.63, 3.8) is 0 Å². The van der Waals surface area contributed by atoms with Crippen molar-refractivity contribution < 1.29 is 23.8 Å². The van der Waals surface area contributed by atoms with Crippen molar-refractivity contribution >= 4 is 40.2 Å². The number of benzene rings is 2. The van der Waals surface area contributed by atoms with Crippen molar-refractivity contribution in [3.05, 3.63) is 64.6 Å². The van der Waals surface area contributed by atoms with Gasteiger partial charge in [0, 0.05) is 46.8 Å². The van der Waals surface area contributed by atoms with Gasteiger partial charge in [0.15, 0.2) is 0 Å². The maximum absolute atomic E-state index is 13.4. The van der Waals surface area contributed by atoms with Gasteiger partial charge in [-0.3, -0.25) is 4.79 Å². The fourth-order valence-electron chi connectivity index (χ4n) is 3.53. The molecule has 0 bridgehead atoms. The maximum Gasteiger partial charge on any atom is 0.410 e. The summed E-state index contributed by atoms with van der Waals surface area (Å²) in [5.74, 6) is -3.53. The molecule has 0 saturated carbocycles. The van der Waals surface area contributed by atoms with Crippen molar-refractivity contribution in [1.82, 2.24) is 10.3 Å². The molecule has 0 aliphatic carbocycles. The molecule has 2 heterocycles. The van der Waals surface area contributed by atoms with Gasteiger partial charge in [-0.2, -0.15) is 0 Å². The number of nitrogens with one attached hydrogen (secondary N) is 2. The first-order chi connectivity index (χ1) is 14.2. The first-order valence-electron chi connectivity index (χ1n) is 9.29. The lowest BCUT2D eigenvalue weighted by molar-refractivity contribution is -0.175. The SMILES string of the molecule is Cc1cc2cc(N3CCC(O)(OC(=O)NCc4cc(F)cc(Cl)c4)C3=O)ccc2[nH]1. The monoisotopic (exact) mass is 431 g/mol. The molecule has 30 heavy (non-hydrogen) atoms. The third kappa shape index (κ3) is 3.96. The molecule has 1 atom stereocenters. The highest BCUT2D eigenvalue weighted by atomic mass is 35.5. The van der Waals surface area contributed by atoms with E-state index in [2.05, 4.69) is 10.3 Å². The average molecular weight is 432 g/mol. The summed E-state index contributed by atoms with van der Waals surface area (Å²) in [4.78, 5) is 29.5. The number of H-pyrrole nitrogens is 1. The Balaban J connectivity index is 1.42. The third-order valence-corrected chi connectivity index (χ3v) is 5.14. The number of aromatic nitrogens is 1. The lowest BCUT2D eigenvalue weighted by Gasteiger charge is -2.22. The molecule has 4 rings (SSSR count). The molecule has 1 aliphatic rings. The van der Waals surface area contributed by atoms with Crippen molar-refractivity contribution in [2.75, 3.05) is 11.4 Å². The molecule has 7 nitrogen and oxygen atoms in total. The third-order valence-electron chi connectivity index (χ3n) is 4.93. The molecule has 1 fully saturated rings. The number of aromatic amines is 1. The number of anilines is 1. The Morgan fingerprint density at radius 3 is 2.90 bits per heavy atom. The zero-order chi connectivity index (χ0) is 21.5. The van der Waals surface area contributed by atoms with Gasteiger partial charge >= 0.3 is 6.09 Å². The van der Waals surface area contributed by atoms with Gasteiger partial charge in [-0.25, -0.2) is 9.18 Å². The zero-order valence-corrected chi connectivity index (χ0v) is 16.8. The Hall–Kier alpha value is -3.10. The van der Waals surface area contributed by atoms with Crippen LogP contribution in [0.2, 0.25) is 5.02 Å². The number of nitrogens with zero attached hydrogens (tertiary/aromatic N) is 1. The molecule has 1 unspecified atom stereocenters. The van der Waals surface area contributed by atoms with Crippen molar-refractivity contribution in [2.45, 2.75) is 25.7 Å². The number of carbonyl (C=O) groups excluding carboxylic acids is 2. The van der Waals surface area contributed by atoms with Crippen LogP contribution in [0.4, 0.5) is 14.9 Å². The second-order valence-corrected chi connectivity index (χ2v) is 7.67. The van der Waals surface area contributed by atoms with E-state index >= 15 is 0 Å². The number of amides is 2. The summed E-state index contributed by atoms with van der Waals surface area (Å²) in [6, 6.07) is 11.2. The number of carbonyl (C=O) groups is 2. The molecule has 3 N–H and O–H groups in total. The molecular formula is C21H19ClFN3O4. The summed E-state index contributed by atoms with van der Waals surface area (Å²) in [5, 5.41) is 14.1. The van der Waals surface area contributed by atoms with Crippen LogP contribution in [0.1, 0.15) is 17.7 Å². The average Bonchev–Trinajstić information content (AvgIpc) is 3.18. The highest BCUT2D eigenvalue weighted by Crippen LogP contribution is 2.31. The van der Waals surface area contributed by atoms with E-state index in [-0.39, 0.29) is 24.5 Å². The largest absolute Gasteiger partial charge is 0.410 e. The van der Waals surface area contributed by atoms with Crippen LogP contribution in [0, 0.1) is 12.7 Å². The normalized spacial score (nSPS) is 18.8. The number of aryl methyl sites for hydroxylation is 1. The molecule has 3 aromatic rings. The Morgan fingerprint density at radius 2 is 2.13 bits per heavy atom. The van der Waals surface area contributed by atoms with Gasteiger partial charge in [0.25, 0.3) is 11.7 Å². The summed E-state index contributed by atoms with van der Waals surface area (Å²) in [6.07, 6.45) is -1.07. The fraction of sp³-hybridized carbons (Fsp3) is 0.238. The minimum Gasteiger partial charge on any atom is -0.407 e. The standard InChI is InChI=1S/C21H19ClFN3O4/c1-12-6-14-9-17(2-3-18(14)25-12)26-5-4-21(29,19(26)27)30-20(28)24-11-13-7-15(22)10-16(23)8-13/h2-3,6-10,25,29H,4-5,11H2,1H3,(H,24,28). The molecule has 2 aromatic carbocycles. The Labute approximate surface area is 176 Å². The number of hydrogen-bond acceptors (Lipinski definition) is 4. The molecule has 0 radical (unpaired) electrons. The van der Waals surface area contributed by atoms with E-state index in [1.54, 1.807) is 6.07 Å². The van der Waals surface area contributed by atoms with E-state index in [9.17, 15) is 19.1 Å². The fourth-order valence-corrected chi connectivity index (χ4v) is 3.78. The predicted octanol–water partition coefficient (Wildman–Crippen LogP) is 3.62. The lowest BCUT2D eigenvalue weighted by Crippen LogP contribution is -2.46. The first-order valence-corrected chi connectivity index (χ1v) is 9.67. The summed E-state index contributed by atoms with van der Waals surface area (Å²) in [5.41, 5.74) is 2.94. The van der Waals surface area contributed by atoms with Gasteiger partial charge in [0.1, 0.15) is 5.82 Å². The van der Waals surface area contributed by atoms with Crippen LogP contribution in [-0.4, -0.2) is 34.4 Å². The van der Waals surface area contributed by atoms with Gasteiger partial charge in [-0.15, -0.1) is 0 Å². The van der Waals surface area contributed by atoms with Crippen LogP contribution in [0.5, 0.6) is 0 Å². The second-order valence-electron chi connectivity index (χ2n) is 7.24. The summed E-state index contributed by atoms with van der Waals surface area (Å²) in [7, 11) is 0. The molecule has 1 aromatic heterocycles. The molecule has 9 heteroatoms. The highest BCUT2D eigenvalue weighted by molar-refractivity contribution is 6.30. The van der Waals surface area contributed by atoms with Gasteiger partial charge in [-0.05, 0) is 55.0 Å². The molecule has 1 saturated heterocycles. The minimum absolute atomic E-state index is 0.0742. The van der Waals surface area contributed by atoms with Gasteiger partial charge in [-0.1, -0.05) is 11.6 Å². The summed E-state index contributed by atoms with van der Waals surface area (Å²) in [6.45, 7) is 2.05. The van der Waals surface area contributed by atoms with E-state index in [4.69, 9.17) is 16.3 Å². The lowest BCUT2D eigenvalue weighted by atomic mass is 10.2. The topological polar surface area (TPSA) is 94.7 Å². The molecule has 156 valence electrons. The quantitative estimate of drug-likeness (QED) is 0.550. The number of halogens is 2. The van der Waals surface area contributed by atoms with E-state index in [0.29, 0.717) is 11.3 Å². The van der Waals surface area contributed by atoms with Gasteiger partial charge in [0.05, 0.1) is 0 Å². The molecule has 1 aliphatic heterocycles. The number of aliphatic hydroxyl groups is 1. The smallest absolute Gasteiger partial charge is 0.407 e. The van der Waals surface area contributed by atoms with Crippen molar-refractivity contribution in [3.8, 4) is 0 Å². The van der Waals surface area contributed by atoms with E-state index in [0.717, 1.165) is 22.7 Å². The van der Waals surface area contributed by atoms with Crippen LogP contribution in [0.15, 0.2) is 42.5 Å². The predicted molar refractivity (Wildman–Crippen MR) is 110 cm³/mol. The Bertz CT molecular complexity index is 1130. The molecule has 0 spiro atoms. The van der Waals surface area contributed by atoms with Crippen LogP contribution in [0.25, 0.3) is 10.9 Å². The number of rotatable bonds is 4. The number of hydrogen-bond donors (Lipinski definition) is 3. The minimum atomic E-state index is -2.27. The van der Waals surface area contributed by atoms with Crippen LogP contribution >= 0.6 is 11.6 Å². The van der Waals surface area contributed by atoms with Gasteiger partial charge < -0.3 is 25.0 Å². The Kier molecular flexibility index (Phi) is 5.13. The summed E-state index contributed by atoms with van der Waals surface area (Å²) >= 11 is 5.78. The van der Waals surface area contributed by atoms with E-state index in [1.165, 1.54) is 17.0 Å². The van der Waals surface area contributed by atoms with Crippen LogP contribution in [-0.2, 0) is 16.1 Å². The summed E-state index contributed by atoms with van der Waals surface area (Å²) < 4.78 is 18.4. The number of alkyl carbamates (subject to hydrolysis) is 1. The maximum atomic E-state index is 13.4. The van der Waals surface area contributed by atoms with Crippen molar-refractivity contribution in [2.24, 2.45) is 0 Å². The number of fused-ring (bicyclic) bond motifs is 1. The van der Waals surface area contributed by atoms with Crippen LogP contribution in [0.3, 0.4) is 0 Å². The first kappa shape index (κ1) is 20.2. The van der Waals surface area contributed by atoms with Crippen LogP contribution < -0.4 is 10.2 Å². The molecule has 2 amide bonds. The Morgan fingerprint density at radius 1 is 1.33 bits per heavy atom.